The Morgan fingerprint density at radius 1 is 0.417 bits per heavy atom. The summed E-state index contributed by atoms with van der Waals surface area (Å²) < 4.78 is 8.77. The first-order valence-corrected chi connectivity index (χ1v) is 16.8. The summed E-state index contributed by atoms with van der Waals surface area (Å²) in [6.07, 6.45) is 0. The van der Waals surface area contributed by atoms with Crippen LogP contribution in [-0.2, 0) is 0 Å². The van der Waals surface area contributed by atoms with Crippen LogP contribution in [0.3, 0.4) is 0 Å². The summed E-state index contributed by atoms with van der Waals surface area (Å²) in [5.74, 6) is 3.75. The standard InChI is InChI=1S/C43H25N3OS/c1-2-9-28(10-3-1)41-44-42(46-43(45-41)34-16-8-15-33-31-13-4-5-18-38(31)48-40(33)34)29-21-19-26(20-22-29)30-23-24-36-35(25-30)32-14-6-11-27-12-7-17-37(47-36)39(27)32/h1-25H. The lowest BCUT2D eigenvalue weighted by molar-refractivity contribution is 0.487. The van der Waals surface area contributed by atoms with Crippen molar-refractivity contribution in [1.82, 2.24) is 15.0 Å². The Hall–Kier alpha value is -6.17. The van der Waals surface area contributed by atoms with Crippen LogP contribution in [0.25, 0.3) is 87.4 Å². The van der Waals surface area contributed by atoms with Crippen LogP contribution in [0.1, 0.15) is 0 Å². The van der Waals surface area contributed by atoms with E-state index in [0.717, 1.165) is 50.3 Å². The molecule has 4 nitrogen and oxygen atoms in total. The van der Waals surface area contributed by atoms with Gasteiger partial charge in [0.05, 0.1) is 0 Å². The minimum atomic E-state index is 0.644. The van der Waals surface area contributed by atoms with Crippen molar-refractivity contribution < 1.29 is 4.74 Å². The van der Waals surface area contributed by atoms with Crippen molar-refractivity contribution >= 4 is 42.3 Å². The van der Waals surface area contributed by atoms with Crippen molar-refractivity contribution in [3.63, 3.8) is 0 Å². The number of nitrogens with zero attached hydrogens (tertiary/aromatic N) is 3. The molecule has 2 aromatic heterocycles. The molecule has 0 fully saturated rings. The molecule has 0 radical (unpaired) electrons. The van der Waals surface area contributed by atoms with Gasteiger partial charge in [-0.2, -0.15) is 0 Å². The van der Waals surface area contributed by atoms with Gasteiger partial charge < -0.3 is 4.74 Å². The molecule has 1 aliphatic rings. The largest absolute Gasteiger partial charge is 0.456 e. The second-order valence-corrected chi connectivity index (χ2v) is 13.1. The summed E-state index contributed by atoms with van der Waals surface area (Å²) in [5.41, 5.74) is 7.43. The Balaban J connectivity index is 1.08. The Morgan fingerprint density at radius 2 is 1.06 bits per heavy atom. The molecule has 0 bridgehead atoms. The van der Waals surface area contributed by atoms with E-state index in [4.69, 9.17) is 19.7 Å². The van der Waals surface area contributed by atoms with Crippen molar-refractivity contribution in [3.05, 3.63) is 152 Å². The molecule has 9 aromatic rings. The predicted octanol–water partition coefficient (Wildman–Crippen LogP) is 11.8. The lowest BCUT2D eigenvalue weighted by Crippen LogP contribution is -2.00. The van der Waals surface area contributed by atoms with Gasteiger partial charge in [0.1, 0.15) is 11.5 Å². The molecule has 48 heavy (non-hydrogen) atoms. The molecule has 3 heterocycles. The molecule has 0 aliphatic carbocycles. The van der Waals surface area contributed by atoms with Crippen LogP contribution in [0.2, 0.25) is 0 Å². The first-order chi connectivity index (χ1) is 23.8. The van der Waals surface area contributed by atoms with Crippen molar-refractivity contribution in [1.29, 1.82) is 0 Å². The van der Waals surface area contributed by atoms with Gasteiger partial charge in [0.15, 0.2) is 17.5 Å². The fraction of sp³-hybridized carbons (Fsp3) is 0. The lowest BCUT2D eigenvalue weighted by Gasteiger charge is -2.22. The van der Waals surface area contributed by atoms with Gasteiger partial charge in [-0.25, -0.2) is 15.0 Å². The van der Waals surface area contributed by atoms with E-state index >= 15 is 0 Å². The number of ether oxygens (including phenoxy) is 1. The van der Waals surface area contributed by atoms with Crippen LogP contribution in [0.15, 0.2) is 152 Å². The van der Waals surface area contributed by atoms with Crippen LogP contribution in [0, 0.1) is 0 Å². The summed E-state index contributed by atoms with van der Waals surface area (Å²) in [4.78, 5) is 15.1. The quantitative estimate of drug-likeness (QED) is 0.194. The smallest absolute Gasteiger partial charge is 0.165 e. The van der Waals surface area contributed by atoms with E-state index in [-0.39, 0.29) is 0 Å². The highest BCUT2D eigenvalue weighted by Crippen LogP contribution is 2.47. The number of benzene rings is 7. The second kappa shape index (κ2) is 10.7. The fourth-order valence-electron chi connectivity index (χ4n) is 6.82. The van der Waals surface area contributed by atoms with Crippen LogP contribution < -0.4 is 4.74 Å². The van der Waals surface area contributed by atoms with Crippen molar-refractivity contribution in [2.24, 2.45) is 0 Å². The third-order valence-electron chi connectivity index (χ3n) is 9.15. The van der Waals surface area contributed by atoms with Gasteiger partial charge in [0, 0.05) is 47.8 Å². The fourth-order valence-corrected chi connectivity index (χ4v) is 8.03. The molecule has 0 N–H and O–H groups in total. The van der Waals surface area contributed by atoms with E-state index in [2.05, 4.69) is 109 Å². The molecule has 5 heteroatoms. The zero-order valence-electron chi connectivity index (χ0n) is 25.6. The van der Waals surface area contributed by atoms with Gasteiger partial charge >= 0.3 is 0 Å². The summed E-state index contributed by atoms with van der Waals surface area (Å²) in [7, 11) is 0. The zero-order valence-corrected chi connectivity index (χ0v) is 26.4. The van der Waals surface area contributed by atoms with Crippen LogP contribution in [-0.4, -0.2) is 15.0 Å². The average Bonchev–Trinajstić information content (AvgIpc) is 3.54. The summed E-state index contributed by atoms with van der Waals surface area (Å²) in [6.45, 7) is 0. The molecule has 0 spiro atoms. The molecule has 0 atom stereocenters. The summed E-state index contributed by atoms with van der Waals surface area (Å²) >= 11 is 1.78. The molecule has 7 aromatic carbocycles. The maximum atomic E-state index is 6.33. The Labute approximate surface area is 280 Å². The van der Waals surface area contributed by atoms with E-state index in [1.165, 1.54) is 31.1 Å². The Kier molecular flexibility index (Phi) is 6.01. The van der Waals surface area contributed by atoms with Gasteiger partial charge in [-0.05, 0) is 52.4 Å². The number of fused-ring (bicyclic) bond motifs is 5. The van der Waals surface area contributed by atoms with E-state index in [1.54, 1.807) is 11.3 Å². The molecular weight excluding hydrogens is 607 g/mol. The maximum Gasteiger partial charge on any atom is 0.165 e. The molecule has 0 amide bonds. The minimum absolute atomic E-state index is 0.644. The minimum Gasteiger partial charge on any atom is -0.456 e. The van der Waals surface area contributed by atoms with Gasteiger partial charge in [0.2, 0.25) is 0 Å². The third-order valence-corrected chi connectivity index (χ3v) is 10.4. The van der Waals surface area contributed by atoms with E-state index in [0.29, 0.717) is 17.5 Å². The molecule has 0 unspecified atom stereocenters. The van der Waals surface area contributed by atoms with Crippen LogP contribution in [0.5, 0.6) is 11.5 Å². The van der Waals surface area contributed by atoms with Crippen LogP contribution in [0.4, 0.5) is 0 Å². The van der Waals surface area contributed by atoms with Crippen LogP contribution >= 0.6 is 11.3 Å². The highest BCUT2D eigenvalue weighted by molar-refractivity contribution is 7.26. The first kappa shape index (κ1) is 27.0. The zero-order chi connectivity index (χ0) is 31.6. The molecule has 10 rings (SSSR count). The topological polar surface area (TPSA) is 47.9 Å². The summed E-state index contributed by atoms with van der Waals surface area (Å²) in [5, 5.41) is 4.81. The SMILES string of the molecule is c1ccc(-c2nc(-c3ccc(-c4ccc5c(c4)-c4cccc6cccc(c46)O5)cc3)nc(-c3cccc4c3sc3ccccc34)n2)cc1. The predicted molar refractivity (Wildman–Crippen MR) is 197 cm³/mol. The number of hydrogen-bond acceptors (Lipinski definition) is 5. The molecule has 0 saturated heterocycles. The summed E-state index contributed by atoms with van der Waals surface area (Å²) in [6, 6.07) is 52.7. The highest BCUT2D eigenvalue weighted by Gasteiger charge is 2.21. The number of thiophene rings is 1. The average molecular weight is 632 g/mol. The van der Waals surface area contributed by atoms with Gasteiger partial charge in [-0.15, -0.1) is 11.3 Å². The van der Waals surface area contributed by atoms with Crippen molar-refractivity contribution in [2.75, 3.05) is 0 Å². The Morgan fingerprint density at radius 3 is 1.92 bits per heavy atom. The number of hydrogen-bond donors (Lipinski definition) is 0. The van der Waals surface area contributed by atoms with E-state index < -0.39 is 0 Å². The van der Waals surface area contributed by atoms with Crippen molar-refractivity contribution in [2.45, 2.75) is 0 Å². The lowest BCUT2D eigenvalue weighted by atomic mass is 9.92. The molecule has 0 saturated carbocycles. The van der Waals surface area contributed by atoms with Crippen molar-refractivity contribution in [3.8, 4) is 67.9 Å². The Bertz CT molecular complexity index is 2690. The monoisotopic (exact) mass is 631 g/mol. The maximum absolute atomic E-state index is 6.33. The van der Waals surface area contributed by atoms with E-state index in [1.807, 2.05) is 42.5 Å². The molecule has 1 aliphatic heterocycles. The highest BCUT2D eigenvalue weighted by atomic mass is 32.1. The molecule has 224 valence electrons. The second-order valence-electron chi connectivity index (χ2n) is 12.0. The first-order valence-electron chi connectivity index (χ1n) is 15.9. The van der Waals surface area contributed by atoms with Gasteiger partial charge in [-0.3, -0.25) is 0 Å². The van der Waals surface area contributed by atoms with Gasteiger partial charge in [-0.1, -0.05) is 121 Å². The third kappa shape index (κ3) is 4.33. The number of rotatable bonds is 4. The normalized spacial score (nSPS) is 11.9. The molecular formula is C43H25N3OS. The van der Waals surface area contributed by atoms with Gasteiger partial charge in [0.25, 0.3) is 0 Å². The van der Waals surface area contributed by atoms with E-state index in [9.17, 15) is 0 Å². The number of aromatic nitrogens is 3.